The number of ether oxygens (including phenoxy) is 2. The zero-order chi connectivity index (χ0) is 25.7. The SMILES string of the molecule is COC(=O)c1ccccc1N1CCC(NCCNC(=O)N2C(=O)OCC2c2ccc(F)c(F)c2)CC1. The number of nitrogens with zero attached hydrogens (tertiary/aromatic N) is 2. The second-order valence-corrected chi connectivity index (χ2v) is 8.59. The number of methoxy groups -OCH3 is 1. The number of urea groups is 1. The van der Waals surface area contributed by atoms with E-state index >= 15 is 0 Å². The maximum Gasteiger partial charge on any atom is 0.418 e. The smallest absolute Gasteiger partial charge is 0.418 e. The van der Waals surface area contributed by atoms with E-state index in [2.05, 4.69) is 15.5 Å². The highest BCUT2D eigenvalue weighted by atomic mass is 19.2. The van der Waals surface area contributed by atoms with E-state index < -0.39 is 29.8 Å². The molecule has 3 amide bonds. The lowest BCUT2D eigenvalue weighted by Gasteiger charge is -2.35. The molecule has 2 aliphatic rings. The lowest BCUT2D eigenvalue weighted by Crippen LogP contribution is -2.47. The summed E-state index contributed by atoms with van der Waals surface area (Å²) in [7, 11) is 1.36. The Balaban J connectivity index is 1.23. The van der Waals surface area contributed by atoms with Gasteiger partial charge in [0.2, 0.25) is 0 Å². The van der Waals surface area contributed by atoms with Gasteiger partial charge in [-0.15, -0.1) is 0 Å². The summed E-state index contributed by atoms with van der Waals surface area (Å²) in [5.41, 5.74) is 1.66. The Morgan fingerprint density at radius 3 is 2.56 bits per heavy atom. The molecule has 192 valence electrons. The number of cyclic esters (lactones) is 1. The van der Waals surface area contributed by atoms with Crippen molar-refractivity contribution >= 4 is 23.8 Å². The number of para-hydroxylation sites is 1. The van der Waals surface area contributed by atoms with Crippen molar-refractivity contribution in [2.45, 2.75) is 24.9 Å². The van der Waals surface area contributed by atoms with Gasteiger partial charge in [0.15, 0.2) is 11.6 Å². The average Bonchev–Trinajstić information content (AvgIpc) is 3.29. The van der Waals surface area contributed by atoms with E-state index in [1.54, 1.807) is 12.1 Å². The number of nitrogens with one attached hydrogen (secondary N) is 2. The summed E-state index contributed by atoms with van der Waals surface area (Å²) in [4.78, 5) is 39.8. The first-order valence-corrected chi connectivity index (χ1v) is 11.7. The van der Waals surface area contributed by atoms with Gasteiger partial charge in [0.1, 0.15) is 12.6 Å². The van der Waals surface area contributed by atoms with E-state index in [0.717, 1.165) is 48.7 Å². The minimum atomic E-state index is -1.06. The van der Waals surface area contributed by atoms with E-state index in [9.17, 15) is 23.2 Å². The average molecular weight is 503 g/mol. The van der Waals surface area contributed by atoms with Crippen molar-refractivity contribution in [1.29, 1.82) is 0 Å². The lowest BCUT2D eigenvalue weighted by atomic mass is 10.0. The molecule has 9 nitrogen and oxygen atoms in total. The van der Waals surface area contributed by atoms with Crippen LogP contribution >= 0.6 is 0 Å². The summed E-state index contributed by atoms with van der Waals surface area (Å²) in [5.74, 6) is -2.43. The third-order valence-corrected chi connectivity index (χ3v) is 6.40. The molecule has 36 heavy (non-hydrogen) atoms. The fourth-order valence-electron chi connectivity index (χ4n) is 4.50. The summed E-state index contributed by atoms with van der Waals surface area (Å²) in [6.07, 6.45) is 0.857. The van der Waals surface area contributed by atoms with Gasteiger partial charge in [-0.1, -0.05) is 18.2 Å². The van der Waals surface area contributed by atoms with Crippen molar-refractivity contribution in [3.63, 3.8) is 0 Å². The molecule has 2 aromatic rings. The zero-order valence-corrected chi connectivity index (χ0v) is 19.8. The molecular formula is C25H28F2N4O5. The second kappa shape index (κ2) is 11.3. The number of esters is 1. The van der Waals surface area contributed by atoms with Gasteiger partial charge >= 0.3 is 18.1 Å². The largest absolute Gasteiger partial charge is 0.465 e. The van der Waals surface area contributed by atoms with E-state index in [0.29, 0.717) is 12.1 Å². The molecule has 2 heterocycles. The Hall–Kier alpha value is -3.73. The van der Waals surface area contributed by atoms with Crippen molar-refractivity contribution in [2.75, 3.05) is 44.8 Å². The fraction of sp³-hybridized carbons (Fsp3) is 0.400. The Morgan fingerprint density at radius 2 is 1.83 bits per heavy atom. The van der Waals surface area contributed by atoms with Crippen LogP contribution in [0.4, 0.5) is 24.1 Å². The number of benzene rings is 2. The van der Waals surface area contributed by atoms with E-state index in [1.165, 1.54) is 13.2 Å². The number of anilines is 1. The van der Waals surface area contributed by atoms with Gasteiger partial charge < -0.3 is 25.0 Å². The van der Waals surface area contributed by atoms with Gasteiger partial charge in [0.25, 0.3) is 0 Å². The number of rotatable bonds is 7. The Bertz CT molecular complexity index is 1120. The highest BCUT2D eigenvalue weighted by molar-refractivity contribution is 5.96. The summed E-state index contributed by atoms with van der Waals surface area (Å²) < 4.78 is 36.7. The van der Waals surface area contributed by atoms with Crippen LogP contribution in [0.2, 0.25) is 0 Å². The van der Waals surface area contributed by atoms with Gasteiger partial charge in [0.05, 0.1) is 18.4 Å². The topological polar surface area (TPSA) is 100 Å². The normalized spacial score (nSPS) is 18.2. The Labute approximate surface area is 207 Å². The first kappa shape index (κ1) is 25.4. The molecule has 4 rings (SSSR count). The zero-order valence-electron chi connectivity index (χ0n) is 19.8. The lowest BCUT2D eigenvalue weighted by molar-refractivity contribution is 0.0601. The van der Waals surface area contributed by atoms with Gasteiger partial charge in [-0.3, -0.25) is 0 Å². The van der Waals surface area contributed by atoms with Crippen molar-refractivity contribution in [1.82, 2.24) is 15.5 Å². The molecule has 2 aliphatic heterocycles. The summed E-state index contributed by atoms with van der Waals surface area (Å²) in [6.45, 7) is 2.13. The van der Waals surface area contributed by atoms with Gasteiger partial charge in [0, 0.05) is 32.2 Å². The number of amides is 3. The maximum atomic E-state index is 13.6. The van der Waals surface area contributed by atoms with E-state index in [1.807, 2.05) is 12.1 Å². The van der Waals surface area contributed by atoms with Crippen LogP contribution in [0, 0.1) is 11.6 Å². The minimum absolute atomic E-state index is 0.132. The predicted molar refractivity (Wildman–Crippen MR) is 127 cm³/mol. The summed E-state index contributed by atoms with van der Waals surface area (Å²) in [6, 6.07) is 9.32. The van der Waals surface area contributed by atoms with E-state index in [4.69, 9.17) is 9.47 Å². The molecule has 0 radical (unpaired) electrons. The molecule has 2 saturated heterocycles. The molecule has 0 aliphatic carbocycles. The van der Waals surface area contributed by atoms with Crippen LogP contribution in [-0.4, -0.2) is 68.9 Å². The standard InChI is InChI=1S/C25H28F2N4O5/c1-35-23(32)18-4-2-3-5-21(18)30-12-8-17(9-13-30)28-10-11-29-24(33)31-22(15-36-25(31)34)16-6-7-19(26)20(27)14-16/h2-7,14,17,22,28H,8-13,15H2,1H3,(H,29,33). The predicted octanol–water partition coefficient (Wildman–Crippen LogP) is 3.21. The molecule has 1 atom stereocenters. The van der Waals surface area contributed by atoms with Crippen LogP contribution in [0.1, 0.15) is 34.8 Å². The van der Waals surface area contributed by atoms with Crippen molar-refractivity contribution in [3.05, 3.63) is 65.2 Å². The molecule has 11 heteroatoms. The Kier molecular flexibility index (Phi) is 7.99. The summed E-state index contributed by atoms with van der Waals surface area (Å²) in [5, 5.41) is 6.07. The molecule has 0 aromatic heterocycles. The highest BCUT2D eigenvalue weighted by Gasteiger charge is 2.39. The fourth-order valence-corrected chi connectivity index (χ4v) is 4.50. The number of hydrogen-bond acceptors (Lipinski definition) is 7. The van der Waals surface area contributed by atoms with Crippen LogP contribution < -0.4 is 15.5 Å². The van der Waals surface area contributed by atoms with Crippen molar-refractivity contribution in [3.8, 4) is 0 Å². The van der Waals surface area contributed by atoms with Gasteiger partial charge in [-0.2, -0.15) is 0 Å². The van der Waals surface area contributed by atoms with Crippen LogP contribution in [0.5, 0.6) is 0 Å². The first-order valence-electron chi connectivity index (χ1n) is 11.7. The first-order chi connectivity index (χ1) is 17.4. The van der Waals surface area contributed by atoms with Crippen molar-refractivity contribution < 1.29 is 32.6 Å². The molecule has 2 aromatic carbocycles. The van der Waals surface area contributed by atoms with E-state index in [-0.39, 0.29) is 30.7 Å². The molecule has 0 saturated carbocycles. The minimum Gasteiger partial charge on any atom is -0.465 e. The number of halogens is 2. The van der Waals surface area contributed by atoms with Crippen LogP contribution in [0.15, 0.2) is 42.5 Å². The van der Waals surface area contributed by atoms with Crippen LogP contribution in [0.25, 0.3) is 0 Å². The molecule has 1 unspecified atom stereocenters. The monoisotopic (exact) mass is 502 g/mol. The van der Waals surface area contributed by atoms with Crippen LogP contribution in [-0.2, 0) is 9.47 Å². The van der Waals surface area contributed by atoms with Gasteiger partial charge in [-0.05, 0) is 42.7 Å². The molecule has 0 bridgehead atoms. The number of imide groups is 1. The highest BCUT2D eigenvalue weighted by Crippen LogP contribution is 2.29. The molecule has 0 spiro atoms. The van der Waals surface area contributed by atoms with Crippen molar-refractivity contribution in [2.24, 2.45) is 0 Å². The summed E-state index contributed by atoms with van der Waals surface area (Å²) >= 11 is 0. The number of carbonyl (C=O) groups is 3. The number of piperidine rings is 1. The number of carbonyl (C=O) groups excluding carboxylic acids is 3. The third kappa shape index (κ3) is 5.56. The second-order valence-electron chi connectivity index (χ2n) is 8.59. The quantitative estimate of drug-likeness (QED) is 0.443. The van der Waals surface area contributed by atoms with Crippen LogP contribution in [0.3, 0.4) is 0 Å². The maximum absolute atomic E-state index is 13.6. The molecule has 2 fully saturated rings. The Morgan fingerprint density at radius 1 is 1.08 bits per heavy atom. The third-order valence-electron chi connectivity index (χ3n) is 6.40. The van der Waals surface area contributed by atoms with Gasteiger partial charge in [-0.25, -0.2) is 28.1 Å². The molecular weight excluding hydrogens is 474 g/mol. The molecule has 2 N–H and O–H groups in total. The number of hydrogen-bond donors (Lipinski definition) is 2.